The summed E-state index contributed by atoms with van der Waals surface area (Å²) < 4.78 is 1.04. The Morgan fingerprint density at radius 2 is 1.88 bits per heavy atom. The number of hydrogen-bond donors (Lipinski definition) is 2. The van der Waals surface area contributed by atoms with Gasteiger partial charge in [0.1, 0.15) is 5.60 Å². The van der Waals surface area contributed by atoms with Crippen molar-refractivity contribution in [1.82, 2.24) is 5.32 Å². The Kier molecular flexibility index (Phi) is 5.63. The van der Waals surface area contributed by atoms with Gasteiger partial charge >= 0.3 is 0 Å². The van der Waals surface area contributed by atoms with Gasteiger partial charge in [-0.15, -0.1) is 0 Å². The maximum Gasteiger partial charge on any atom is 0.102 e. The molecule has 0 aliphatic carbocycles. The lowest BCUT2D eigenvalue weighted by atomic mass is 9.91. The number of hydrogen-bond acceptors (Lipinski definition) is 2. The first-order valence-electron chi connectivity index (χ1n) is 6.17. The number of halogens is 1. The molecule has 1 unspecified atom stereocenters. The Labute approximate surface area is 113 Å². The number of benzene rings is 1. The van der Waals surface area contributed by atoms with Gasteiger partial charge in [0.25, 0.3) is 0 Å². The largest absolute Gasteiger partial charge is 0.384 e. The zero-order valence-corrected chi connectivity index (χ0v) is 12.4. The molecule has 1 aromatic carbocycles. The maximum absolute atomic E-state index is 10.6. The summed E-state index contributed by atoms with van der Waals surface area (Å²) in [5, 5.41) is 13.9. The van der Waals surface area contributed by atoms with Crippen LogP contribution in [0.3, 0.4) is 0 Å². The Bertz CT molecular complexity index is 337. The molecule has 2 N–H and O–H groups in total. The smallest absolute Gasteiger partial charge is 0.102 e. The third-order valence-corrected chi connectivity index (χ3v) is 3.47. The summed E-state index contributed by atoms with van der Waals surface area (Å²) in [6.07, 6.45) is 0.708. The zero-order valence-electron chi connectivity index (χ0n) is 10.8. The molecular weight excluding hydrogens is 278 g/mol. The van der Waals surface area contributed by atoms with Crippen LogP contribution in [0.15, 0.2) is 28.7 Å². The molecule has 1 atom stereocenters. The van der Waals surface area contributed by atoms with E-state index >= 15 is 0 Å². The summed E-state index contributed by atoms with van der Waals surface area (Å²) in [6.45, 7) is 7.87. The van der Waals surface area contributed by atoms with Gasteiger partial charge in [-0.1, -0.05) is 48.8 Å². The van der Waals surface area contributed by atoms with E-state index in [0.29, 0.717) is 18.9 Å². The van der Waals surface area contributed by atoms with Gasteiger partial charge in [-0.2, -0.15) is 0 Å². The van der Waals surface area contributed by atoms with Crippen LogP contribution in [-0.2, 0) is 5.60 Å². The van der Waals surface area contributed by atoms with Crippen LogP contribution in [0, 0.1) is 5.92 Å². The van der Waals surface area contributed by atoms with Crippen molar-refractivity contribution >= 4 is 15.9 Å². The monoisotopic (exact) mass is 299 g/mol. The van der Waals surface area contributed by atoms with Crippen LogP contribution in [0.4, 0.5) is 0 Å². The highest BCUT2D eigenvalue weighted by molar-refractivity contribution is 9.10. The van der Waals surface area contributed by atoms with Crippen LogP contribution in [0.5, 0.6) is 0 Å². The van der Waals surface area contributed by atoms with Gasteiger partial charge < -0.3 is 10.4 Å². The van der Waals surface area contributed by atoms with Crippen LogP contribution in [0.2, 0.25) is 0 Å². The molecule has 96 valence electrons. The second-order valence-corrected chi connectivity index (χ2v) is 5.83. The minimum atomic E-state index is -0.768. The predicted molar refractivity (Wildman–Crippen MR) is 76.0 cm³/mol. The lowest BCUT2D eigenvalue weighted by molar-refractivity contribution is 0.0321. The second kappa shape index (κ2) is 6.53. The predicted octanol–water partition coefficient (Wildman–Crippen LogP) is 3.29. The molecular formula is C14H22BrNO. The van der Waals surface area contributed by atoms with Crippen LogP contribution < -0.4 is 5.32 Å². The normalized spacial score (nSPS) is 14.9. The van der Waals surface area contributed by atoms with E-state index in [1.54, 1.807) is 0 Å². The third-order valence-electron chi connectivity index (χ3n) is 2.94. The van der Waals surface area contributed by atoms with Crippen LogP contribution in [0.1, 0.15) is 32.8 Å². The fourth-order valence-electron chi connectivity index (χ4n) is 1.76. The fraction of sp³-hybridized carbons (Fsp3) is 0.571. The van der Waals surface area contributed by atoms with Gasteiger partial charge in [-0.25, -0.2) is 0 Å². The van der Waals surface area contributed by atoms with Crippen molar-refractivity contribution in [3.63, 3.8) is 0 Å². The molecule has 3 heteroatoms. The van der Waals surface area contributed by atoms with Gasteiger partial charge in [-0.3, -0.25) is 0 Å². The Hall–Kier alpha value is -0.380. The van der Waals surface area contributed by atoms with E-state index in [1.165, 1.54) is 0 Å². The highest BCUT2D eigenvalue weighted by atomic mass is 79.9. The van der Waals surface area contributed by atoms with E-state index in [1.807, 2.05) is 31.2 Å². The summed E-state index contributed by atoms with van der Waals surface area (Å²) >= 11 is 3.41. The lowest BCUT2D eigenvalue weighted by Gasteiger charge is -2.28. The summed E-state index contributed by atoms with van der Waals surface area (Å²) in [4.78, 5) is 0. The maximum atomic E-state index is 10.6. The molecule has 1 aromatic rings. The quantitative estimate of drug-likeness (QED) is 0.845. The van der Waals surface area contributed by atoms with Crippen LogP contribution in [0.25, 0.3) is 0 Å². The molecule has 0 spiro atoms. The van der Waals surface area contributed by atoms with Crippen molar-refractivity contribution in [3.05, 3.63) is 34.3 Å². The van der Waals surface area contributed by atoms with Crippen molar-refractivity contribution in [2.75, 3.05) is 13.1 Å². The SMILES string of the molecule is CCC(O)(CNCC(C)C)c1ccc(Br)cc1. The van der Waals surface area contributed by atoms with Crippen molar-refractivity contribution in [1.29, 1.82) is 0 Å². The molecule has 0 bridgehead atoms. The van der Waals surface area contributed by atoms with E-state index in [4.69, 9.17) is 0 Å². The average molecular weight is 300 g/mol. The summed E-state index contributed by atoms with van der Waals surface area (Å²) in [5.41, 5.74) is 0.203. The molecule has 0 saturated carbocycles. The molecule has 0 amide bonds. The minimum Gasteiger partial charge on any atom is -0.384 e. The first-order chi connectivity index (χ1) is 7.98. The highest BCUT2D eigenvalue weighted by Gasteiger charge is 2.26. The van der Waals surface area contributed by atoms with Crippen molar-refractivity contribution in [2.24, 2.45) is 5.92 Å². The van der Waals surface area contributed by atoms with Gasteiger partial charge in [0.15, 0.2) is 0 Å². The molecule has 0 radical (unpaired) electrons. The van der Waals surface area contributed by atoms with E-state index < -0.39 is 5.60 Å². The first kappa shape index (κ1) is 14.7. The van der Waals surface area contributed by atoms with Crippen LogP contribution >= 0.6 is 15.9 Å². The topological polar surface area (TPSA) is 32.3 Å². The first-order valence-corrected chi connectivity index (χ1v) is 6.96. The van der Waals surface area contributed by atoms with E-state index in [9.17, 15) is 5.11 Å². The second-order valence-electron chi connectivity index (χ2n) is 4.92. The van der Waals surface area contributed by atoms with E-state index in [0.717, 1.165) is 16.6 Å². The van der Waals surface area contributed by atoms with Crippen molar-refractivity contribution < 1.29 is 5.11 Å². The standard InChI is InChI=1S/C14H22BrNO/c1-4-14(17,10-16-9-11(2)3)12-5-7-13(15)8-6-12/h5-8,11,16-17H,4,9-10H2,1-3H3. The van der Waals surface area contributed by atoms with Gasteiger partial charge in [0, 0.05) is 11.0 Å². The van der Waals surface area contributed by atoms with Crippen LogP contribution in [-0.4, -0.2) is 18.2 Å². The third kappa shape index (κ3) is 4.41. The van der Waals surface area contributed by atoms with E-state index in [2.05, 4.69) is 35.1 Å². The fourth-order valence-corrected chi connectivity index (χ4v) is 2.02. The van der Waals surface area contributed by atoms with Gasteiger partial charge in [-0.05, 0) is 36.6 Å². The molecule has 0 fully saturated rings. The molecule has 1 rings (SSSR count). The summed E-state index contributed by atoms with van der Waals surface area (Å²) in [7, 11) is 0. The molecule has 0 aliphatic rings. The molecule has 17 heavy (non-hydrogen) atoms. The summed E-state index contributed by atoms with van der Waals surface area (Å²) in [6, 6.07) is 7.89. The van der Waals surface area contributed by atoms with E-state index in [-0.39, 0.29) is 0 Å². The Morgan fingerprint density at radius 1 is 1.29 bits per heavy atom. The lowest BCUT2D eigenvalue weighted by Crippen LogP contribution is -2.38. The number of rotatable bonds is 6. The van der Waals surface area contributed by atoms with Crippen molar-refractivity contribution in [2.45, 2.75) is 32.8 Å². The van der Waals surface area contributed by atoms with Crippen molar-refractivity contribution in [3.8, 4) is 0 Å². The average Bonchev–Trinajstić information content (AvgIpc) is 2.29. The highest BCUT2D eigenvalue weighted by Crippen LogP contribution is 2.25. The molecule has 2 nitrogen and oxygen atoms in total. The molecule has 0 aromatic heterocycles. The van der Waals surface area contributed by atoms with Gasteiger partial charge in [0.05, 0.1) is 0 Å². The minimum absolute atomic E-state index is 0.598. The zero-order chi connectivity index (χ0) is 12.9. The Balaban J connectivity index is 2.70. The Morgan fingerprint density at radius 3 is 2.35 bits per heavy atom. The summed E-state index contributed by atoms with van der Waals surface area (Å²) in [5.74, 6) is 0.598. The molecule has 0 saturated heterocycles. The van der Waals surface area contributed by atoms with Gasteiger partial charge in [0.2, 0.25) is 0 Å². The molecule has 0 heterocycles. The number of aliphatic hydroxyl groups is 1. The molecule has 0 aliphatic heterocycles. The number of nitrogens with one attached hydrogen (secondary N) is 1.